The maximum absolute atomic E-state index is 12.6. The van der Waals surface area contributed by atoms with Gasteiger partial charge in [0.15, 0.2) is 11.5 Å². The lowest BCUT2D eigenvalue weighted by Crippen LogP contribution is -2.16. The summed E-state index contributed by atoms with van der Waals surface area (Å²) in [4.78, 5) is 25.2. The number of nitrogens with zero attached hydrogens (tertiary/aromatic N) is 2. The van der Waals surface area contributed by atoms with Gasteiger partial charge < -0.3 is 38.9 Å². The Hall–Kier alpha value is -8.72. The second kappa shape index (κ2) is 25.7. The molecule has 6 N–H and O–H groups in total. The van der Waals surface area contributed by atoms with Gasteiger partial charge in [0.05, 0.1) is 22.3 Å². The summed E-state index contributed by atoms with van der Waals surface area (Å²) in [6.45, 7) is 14.7. The Kier molecular flexibility index (Phi) is 19.2. The number of aryl methyl sites for hydroxylation is 2. The number of hydrogen-bond acceptors (Lipinski definition) is 12. The van der Waals surface area contributed by atoms with E-state index in [9.17, 15) is 19.8 Å². The van der Waals surface area contributed by atoms with E-state index < -0.39 is 24.4 Å². The molecule has 2 aliphatic carbocycles. The van der Waals surface area contributed by atoms with Crippen LogP contribution >= 0.6 is 0 Å². The molecule has 0 saturated heterocycles. The van der Waals surface area contributed by atoms with Crippen molar-refractivity contribution in [3.63, 3.8) is 0 Å². The second-order valence-electron chi connectivity index (χ2n) is 18.5. The van der Waals surface area contributed by atoms with Crippen molar-refractivity contribution in [2.75, 3.05) is 24.9 Å². The van der Waals surface area contributed by atoms with Crippen LogP contribution in [0.2, 0.25) is 0 Å². The fraction of sp³-hybridized carbons (Fsp3) is 0.238. The topological polar surface area (TPSA) is 210 Å². The van der Waals surface area contributed by atoms with E-state index in [-0.39, 0.29) is 29.8 Å². The van der Waals surface area contributed by atoms with Gasteiger partial charge in [-0.15, -0.1) is 0 Å². The van der Waals surface area contributed by atoms with Gasteiger partial charge in [-0.25, -0.2) is 9.59 Å². The summed E-state index contributed by atoms with van der Waals surface area (Å²) in [6.07, 6.45) is 1.79. The zero-order chi connectivity index (χ0) is 54.6. The molecule has 14 heteroatoms. The van der Waals surface area contributed by atoms with E-state index in [0.717, 1.165) is 95.5 Å². The summed E-state index contributed by atoms with van der Waals surface area (Å²) in [7, 11) is 2.00. The molecule has 6 aromatic carbocycles. The molecule has 0 spiro atoms. The summed E-state index contributed by atoms with van der Waals surface area (Å²) in [5.41, 5.74) is 11.4. The van der Waals surface area contributed by atoms with Gasteiger partial charge in [0.2, 0.25) is 0 Å². The molecule has 10 rings (SSSR count). The maximum atomic E-state index is 12.6. The minimum absolute atomic E-state index is 0. The average molecular weight is 1040 g/mol. The zero-order valence-corrected chi connectivity index (χ0v) is 43.5. The van der Waals surface area contributed by atoms with Crippen LogP contribution in [0.5, 0.6) is 0 Å². The van der Waals surface area contributed by atoms with E-state index in [1.165, 1.54) is 0 Å². The summed E-state index contributed by atoms with van der Waals surface area (Å²) >= 11 is 0. The largest absolute Gasteiger partial charge is 0.512 e. The first-order valence-electron chi connectivity index (χ1n) is 24.8. The van der Waals surface area contributed by atoms with Crippen LogP contribution in [-0.2, 0) is 20.3 Å². The van der Waals surface area contributed by atoms with Crippen molar-refractivity contribution < 1.29 is 48.5 Å². The molecule has 14 nitrogen and oxygen atoms in total. The standard InChI is InChI=1S/2C30H28N2O4.2CH4O.CH4/c2*1-19-27(31-29(34)35-20(2)22-7-5-4-6-8-22)28(36-32-19)25-11-9-23(10-12-25)24-13-15-26(16-14-24)30(17-18-30)21(3)33;2*1-2;/h2*4-16,20,33H,3,17-18H2,1-2H3,(H,31,34);2*2H,1H3;1H4/t2*20-;;;/m11.../s1. The molecule has 8 aromatic rings. The van der Waals surface area contributed by atoms with Crippen LogP contribution in [0.25, 0.3) is 44.9 Å². The molecule has 2 aromatic heterocycles. The Bertz CT molecular complexity index is 3000. The Labute approximate surface area is 450 Å². The van der Waals surface area contributed by atoms with Gasteiger partial charge in [0, 0.05) is 25.3 Å². The normalized spacial score (nSPS) is 13.8. The lowest BCUT2D eigenvalue weighted by molar-refractivity contribution is 0.120. The van der Waals surface area contributed by atoms with Crippen LogP contribution in [0.3, 0.4) is 0 Å². The van der Waals surface area contributed by atoms with E-state index in [1.54, 1.807) is 13.8 Å². The van der Waals surface area contributed by atoms with E-state index >= 15 is 0 Å². The van der Waals surface area contributed by atoms with Crippen LogP contribution in [0, 0.1) is 13.8 Å². The number of ether oxygens (including phenoxy) is 2. The van der Waals surface area contributed by atoms with Crippen molar-refractivity contribution in [1.29, 1.82) is 0 Å². The molecule has 0 bridgehead atoms. The summed E-state index contributed by atoms with van der Waals surface area (Å²) in [5, 5.41) is 47.6. The smallest absolute Gasteiger partial charge is 0.412 e. The van der Waals surface area contributed by atoms with Gasteiger partial charge in [0.25, 0.3) is 0 Å². The van der Waals surface area contributed by atoms with E-state index in [2.05, 4.69) is 82.6 Å². The number of aliphatic hydroxyl groups is 4. The van der Waals surface area contributed by atoms with Crippen molar-refractivity contribution in [3.05, 3.63) is 216 Å². The lowest BCUT2D eigenvalue weighted by atomic mass is 9.92. The molecule has 2 aliphatic rings. The number of anilines is 2. The summed E-state index contributed by atoms with van der Waals surface area (Å²) in [6, 6.07) is 51.3. The third-order valence-electron chi connectivity index (χ3n) is 13.7. The van der Waals surface area contributed by atoms with Crippen LogP contribution in [0.4, 0.5) is 21.0 Å². The van der Waals surface area contributed by atoms with Gasteiger partial charge in [0.1, 0.15) is 35.0 Å². The van der Waals surface area contributed by atoms with Crippen molar-refractivity contribution in [1.82, 2.24) is 10.3 Å². The number of carbonyl (C=O) groups excluding carboxylic acids is 2. The Morgan fingerprint density at radius 3 is 1.04 bits per heavy atom. The number of nitrogens with one attached hydrogen (secondary N) is 2. The van der Waals surface area contributed by atoms with Crippen LogP contribution in [0.1, 0.15) is 92.8 Å². The zero-order valence-electron chi connectivity index (χ0n) is 43.5. The number of amides is 2. The predicted molar refractivity (Wildman–Crippen MR) is 303 cm³/mol. The molecule has 0 radical (unpaired) electrons. The van der Waals surface area contributed by atoms with Crippen molar-refractivity contribution >= 4 is 23.6 Å². The highest BCUT2D eigenvalue weighted by Crippen LogP contribution is 2.53. The van der Waals surface area contributed by atoms with Gasteiger partial charge in [-0.2, -0.15) is 0 Å². The number of allylic oxidation sites excluding steroid dienone is 2. The lowest BCUT2D eigenvalue weighted by Gasteiger charge is -2.15. The third-order valence-corrected chi connectivity index (χ3v) is 13.7. The van der Waals surface area contributed by atoms with Crippen LogP contribution < -0.4 is 10.6 Å². The number of aromatic nitrogens is 2. The fourth-order valence-electron chi connectivity index (χ4n) is 8.93. The molecule has 2 fully saturated rings. The summed E-state index contributed by atoms with van der Waals surface area (Å²) in [5.74, 6) is 1.42. The molecular formula is C63H68N4O10. The fourth-order valence-corrected chi connectivity index (χ4v) is 8.93. The molecule has 2 heterocycles. The molecule has 0 aliphatic heterocycles. The minimum Gasteiger partial charge on any atom is -0.512 e. The number of carbonyl (C=O) groups is 2. The third kappa shape index (κ3) is 13.2. The first kappa shape index (κ1) is 57.6. The van der Waals surface area contributed by atoms with E-state index in [1.807, 2.05) is 123 Å². The SMILES string of the molecule is C.C=C(O)C1(c2ccc(-c3ccc(-c4onc(C)c4NC(=O)O[C@H](C)c4ccccc4)cc3)cc2)CC1.C=C(O)C1(c2ccc(-c3ccc(-c4onc(C)c4NC(=O)O[C@H](C)c4ccccc4)cc3)cc2)CC1.CO.CO. The predicted octanol–water partition coefficient (Wildman–Crippen LogP) is 15.3. The highest BCUT2D eigenvalue weighted by atomic mass is 16.6. The van der Waals surface area contributed by atoms with E-state index in [0.29, 0.717) is 34.3 Å². The van der Waals surface area contributed by atoms with Gasteiger partial charge in [-0.3, -0.25) is 10.6 Å². The first-order chi connectivity index (χ1) is 36.7. The highest BCUT2D eigenvalue weighted by Gasteiger charge is 2.48. The number of benzene rings is 6. The molecule has 77 heavy (non-hydrogen) atoms. The number of aliphatic hydroxyl groups excluding tert-OH is 4. The Balaban J connectivity index is 0.000000232. The Morgan fingerprint density at radius 1 is 0.494 bits per heavy atom. The minimum atomic E-state index is -0.574. The highest BCUT2D eigenvalue weighted by molar-refractivity contribution is 5.92. The average Bonchev–Trinajstić information content (AvgIpc) is 4.42. The quantitative estimate of drug-likeness (QED) is 0.0562. The first-order valence-corrected chi connectivity index (χ1v) is 24.8. The van der Waals surface area contributed by atoms with Gasteiger partial charge >= 0.3 is 12.2 Å². The van der Waals surface area contributed by atoms with E-state index in [4.69, 9.17) is 28.7 Å². The Morgan fingerprint density at radius 2 is 0.766 bits per heavy atom. The molecule has 2 amide bonds. The van der Waals surface area contributed by atoms with Crippen molar-refractivity contribution in [3.8, 4) is 44.9 Å². The van der Waals surface area contributed by atoms with Crippen molar-refractivity contribution in [2.45, 2.75) is 83.8 Å². The maximum Gasteiger partial charge on any atom is 0.412 e. The van der Waals surface area contributed by atoms with Crippen LogP contribution in [0.15, 0.2) is 191 Å². The van der Waals surface area contributed by atoms with Gasteiger partial charge in [-0.05, 0) is 97.9 Å². The number of hydrogen-bond donors (Lipinski definition) is 6. The molecule has 2 atom stereocenters. The monoisotopic (exact) mass is 1040 g/mol. The molecule has 400 valence electrons. The van der Waals surface area contributed by atoms with Gasteiger partial charge in [-0.1, -0.05) is 189 Å². The summed E-state index contributed by atoms with van der Waals surface area (Å²) < 4.78 is 22.2. The number of rotatable bonds is 14. The molecule has 2 saturated carbocycles. The molecular weight excluding hydrogens is 973 g/mol. The second-order valence-corrected chi connectivity index (χ2v) is 18.5. The van der Waals surface area contributed by atoms with Crippen LogP contribution in [-0.4, -0.2) is 57.1 Å². The molecule has 0 unspecified atom stereocenters. The van der Waals surface area contributed by atoms with Crippen molar-refractivity contribution in [2.24, 2.45) is 0 Å².